The van der Waals surface area contributed by atoms with Gasteiger partial charge in [0, 0.05) is 38.5 Å². The van der Waals surface area contributed by atoms with Crippen molar-refractivity contribution in [2.24, 2.45) is 5.92 Å². The second-order valence-corrected chi connectivity index (χ2v) is 18.9. The van der Waals surface area contributed by atoms with Gasteiger partial charge in [-0.1, -0.05) is 194 Å². The van der Waals surface area contributed by atoms with Crippen LogP contribution in [-0.2, 0) is 19.1 Å². The Hall–Kier alpha value is -1.18. The van der Waals surface area contributed by atoms with Crippen molar-refractivity contribution >= 4 is 11.9 Å². The van der Waals surface area contributed by atoms with Gasteiger partial charge in [0.2, 0.25) is 0 Å². The molecule has 0 spiro atoms. The number of rotatable bonds is 46. The molecule has 0 atom stereocenters. The van der Waals surface area contributed by atoms with Gasteiger partial charge in [0.15, 0.2) is 0 Å². The van der Waals surface area contributed by atoms with E-state index in [1.54, 1.807) is 0 Å². The van der Waals surface area contributed by atoms with Gasteiger partial charge < -0.3 is 14.6 Å². The van der Waals surface area contributed by atoms with Gasteiger partial charge in [-0.05, 0) is 76.8 Å². The molecule has 7 nitrogen and oxygen atoms in total. The number of unbranched alkanes of at least 4 members (excludes halogenated alkanes) is 24. The number of nitrogens with zero attached hydrogens (tertiary/aromatic N) is 2. The number of carbonyl (C=O) groups is 2. The van der Waals surface area contributed by atoms with E-state index in [2.05, 4.69) is 30.6 Å². The lowest BCUT2D eigenvalue weighted by Gasteiger charge is -2.36. The topological polar surface area (TPSA) is 79.3 Å². The van der Waals surface area contributed by atoms with E-state index in [1.807, 2.05) is 0 Å². The lowest BCUT2D eigenvalue weighted by molar-refractivity contribution is -0.145. The van der Waals surface area contributed by atoms with E-state index in [0.29, 0.717) is 44.6 Å². The molecule has 0 radical (unpaired) electrons. The lowest BCUT2D eigenvalue weighted by atomic mass is 9.94. The Morgan fingerprint density at radius 2 is 0.933 bits per heavy atom. The van der Waals surface area contributed by atoms with Crippen LogP contribution in [0.25, 0.3) is 0 Å². The maximum absolute atomic E-state index is 12.8. The number of hydrogen-bond donors (Lipinski definition) is 1. The van der Waals surface area contributed by atoms with E-state index in [9.17, 15) is 14.7 Å². The first-order valence-corrected chi connectivity index (χ1v) is 26.9. The van der Waals surface area contributed by atoms with Crippen molar-refractivity contribution in [1.29, 1.82) is 0 Å². The molecule has 1 saturated carbocycles. The molecule has 0 aromatic heterocycles. The molecule has 0 saturated heterocycles. The van der Waals surface area contributed by atoms with Crippen molar-refractivity contribution in [1.82, 2.24) is 9.80 Å². The number of esters is 2. The molecular weight excluding hydrogens is 745 g/mol. The number of hydrogen-bond acceptors (Lipinski definition) is 7. The normalized spacial score (nSPS) is 13.6. The smallest absolute Gasteiger partial charge is 0.305 e. The summed E-state index contributed by atoms with van der Waals surface area (Å²) in [7, 11) is 0. The van der Waals surface area contributed by atoms with Crippen molar-refractivity contribution in [2.75, 3.05) is 52.5 Å². The van der Waals surface area contributed by atoms with Crippen LogP contribution in [0.2, 0.25) is 0 Å². The number of aliphatic hydroxyl groups excluding tert-OH is 1. The molecule has 0 aromatic rings. The largest absolute Gasteiger partial charge is 0.466 e. The third-order valence-electron chi connectivity index (χ3n) is 13.3. The first-order valence-electron chi connectivity index (χ1n) is 26.9. The van der Waals surface area contributed by atoms with Crippen molar-refractivity contribution in [3.8, 4) is 0 Å². The summed E-state index contributed by atoms with van der Waals surface area (Å²) in [5.74, 6) is 0.482. The molecule has 1 rings (SSSR count). The molecule has 60 heavy (non-hydrogen) atoms. The zero-order chi connectivity index (χ0) is 43.4. The second-order valence-electron chi connectivity index (χ2n) is 18.9. The third kappa shape index (κ3) is 36.3. The maximum Gasteiger partial charge on any atom is 0.305 e. The Morgan fingerprint density at radius 3 is 1.45 bits per heavy atom. The summed E-state index contributed by atoms with van der Waals surface area (Å²) in [5, 5.41) is 9.88. The minimum atomic E-state index is -0.0213. The van der Waals surface area contributed by atoms with Gasteiger partial charge >= 0.3 is 11.9 Å². The number of carbonyl (C=O) groups excluding carboxylic acids is 2. The fourth-order valence-corrected chi connectivity index (χ4v) is 9.26. The average molecular weight is 849 g/mol. The van der Waals surface area contributed by atoms with E-state index in [0.717, 1.165) is 71.1 Å². The first-order chi connectivity index (χ1) is 29.5. The highest BCUT2D eigenvalue weighted by atomic mass is 16.5. The van der Waals surface area contributed by atoms with Gasteiger partial charge in [0.05, 0.1) is 19.8 Å². The van der Waals surface area contributed by atoms with E-state index >= 15 is 0 Å². The van der Waals surface area contributed by atoms with Crippen LogP contribution in [0.1, 0.15) is 265 Å². The summed E-state index contributed by atoms with van der Waals surface area (Å²) in [6.07, 6.45) is 46.3. The van der Waals surface area contributed by atoms with Crippen LogP contribution in [-0.4, -0.2) is 85.4 Å². The zero-order valence-electron chi connectivity index (χ0n) is 40.7. The van der Waals surface area contributed by atoms with Gasteiger partial charge in [0.25, 0.3) is 0 Å². The molecule has 0 amide bonds. The van der Waals surface area contributed by atoms with Crippen LogP contribution in [0.3, 0.4) is 0 Å². The van der Waals surface area contributed by atoms with Crippen LogP contribution in [0, 0.1) is 5.92 Å². The summed E-state index contributed by atoms with van der Waals surface area (Å²) in [5.41, 5.74) is 0. The van der Waals surface area contributed by atoms with Crippen LogP contribution in [0.4, 0.5) is 0 Å². The lowest BCUT2D eigenvalue weighted by Crippen LogP contribution is -2.43. The summed E-state index contributed by atoms with van der Waals surface area (Å²) in [6, 6.07) is 0.660. The summed E-state index contributed by atoms with van der Waals surface area (Å²) < 4.78 is 11.4. The summed E-state index contributed by atoms with van der Waals surface area (Å²) >= 11 is 0. The Balaban J connectivity index is 2.34. The fraction of sp³-hybridized carbons (Fsp3) is 0.962. The van der Waals surface area contributed by atoms with Gasteiger partial charge in [0.1, 0.15) is 0 Å². The SMILES string of the molecule is CCCCCCCCCCCOC(=O)CCCCCN(CCN(CCO)CCCCCC(=O)OCC(CCCCCCCCC)CCCCCCCCC)C1CCCCC1. The monoisotopic (exact) mass is 849 g/mol. The van der Waals surface area contributed by atoms with E-state index < -0.39 is 0 Å². The van der Waals surface area contributed by atoms with E-state index in [-0.39, 0.29) is 18.5 Å². The zero-order valence-corrected chi connectivity index (χ0v) is 40.7. The van der Waals surface area contributed by atoms with Gasteiger partial charge in [-0.25, -0.2) is 0 Å². The highest BCUT2D eigenvalue weighted by Gasteiger charge is 2.21. The van der Waals surface area contributed by atoms with E-state index in [4.69, 9.17) is 9.47 Å². The highest BCUT2D eigenvalue weighted by molar-refractivity contribution is 5.69. The summed E-state index contributed by atoms with van der Waals surface area (Å²) in [6.45, 7) is 13.0. The minimum Gasteiger partial charge on any atom is -0.466 e. The van der Waals surface area contributed by atoms with Crippen LogP contribution in [0.5, 0.6) is 0 Å². The average Bonchev–Trinajstić information content (AvgIpc) is 3.26. The van der Waals surface area contributed by atoms with Crippen molar-refractivity contribution in [3.63, 3.8) is 0 Å². The number of aliphatic hydroxyl groups is 1. The third-order valence-corrected chi connectivity index (χ3v) is 13.3. The van der Waals surface area contributed by atoms with Gasteiger partial charge in [-0.15, -0.1) is 0 Å². The quantitative estimate of drug-likeness (QED) is 0.0483. The summed E-state index contributed by atoms with van der Waals surface area (Å²) in [4.78, 5) is 30.3. The highest BCUT2D eigenvalue weighted by Crippen LogP contribution is 2.24. The molecule has 1 aliphatic rings. The molecular formula is C53H104N2O5. The molecule has 1 aliphatic carbocycles. The van der Waals surface area contributed by atoms with Crippen LogP contribution < -0.4 is 0 Å². The van der Waals surface area contributed by atoms with Crippen molar-refractivity contribution in [3.05, 3.63) is 0 Å². The molecule has 0 heterocycles. The van der Waals surface area contributed by atoms with Crippen LogP contribution in [0.15, 0.2) is 0 Å². The molecule has 0 aliphatic heterocycles. The molecule has 356 valence electrons. The predicted molar refractivity (Wildman–Crippen MR) is 257 cm³/mol. The molecule has 0 bridgehead atoms. The maximum atomic E-state index is 12.8. The molecule has 1 N–H and O–H groups in total. The van der Waals surface area contributed by atoms with Crippen molar-refractivity contribution in [2.45, 2.75) is 271 Å². The minimum absolute atomic E-state index is 0.0135. The Morgan fingerprint density at radius 1 is 0.483 bits per heavy atom. The first kappa shape index (κ1) is 56.8. The fourth-order valence-electron chi connectivity index (χ4n) is 9.26. The molecule has 0 aromatic carbocycles. The van der Waals surface area contributed by atoms with Gasteiger partial charge in [-0.2, -0.15) is 0 Å². The van der Waals surface area contributed by atoms with Gasteiger partial charge in [-0.3, -0.25) is 19.4 Å². The van der Waals surface area contributed by atoms with Crippen LogP contribution >= 0.6 is 0 Å². The Labute approximate surface area is 374 Å². The molecule has 1 fully saturated rings. The van der Waals surface area contributed by atoms with Crippen molar-refractivity contribution < 1.29 is 24.2 Å². The predicted octanol–water partition coefficient (Wildman–Crippen LogP) is 14.6. The number of ether oxygens (including phenoxy) is 2. The second kappa shape index (κ2) is 44.4. The standard InChI is InChI=1S/C53H104N2O5/c1-4-7-10-13-16-17-20-23-35-48-59-52(57)40-32-26-34-43-55(51-38-29-24-30-39-51)45-44-54(46-47-56)42-33-25-31-41-53(58)60-49-50(36-27-21-18-14-11-8-5-2)37-28-22-19-15-12-9-6-3/h50-51,56H,4-49H2,1-3H3. The Bertz CT molecular complexity index is 894. The molecule has 7 heteroatoms. The molecule has 0 unspecified atom stereocenters. The Kier molecular flexibility index (Phi) is 42.1. The van der Waals surface area contributed by atoms with E-state index in [1.165, 1.54) is 186 Å².